The fraction of sp³-hybridized carbons (Fsp3) is 0.208. The van der Waals surface area contributed by atoms with E-state index in [0.29, 0.717) is 17.9 Å². The van der Waals surface area contributed by atoms with Crippen LogP contribution in [-0.4, -0.2) is 34.1 Å². The number of benzene rings is 2. The number of rotatable bonds is 7. The summed E-state index contributed by atoms with van der Waals surface area (Å²) in [6.45, 7) is 0.493. The smallest absolute Gasteiger partial charge is 0.270 e. The molecule has 4 rings (SSSR count). The first-order chi connectivity index (χ1) is 15.1. The Kier molecular flexibility index (Phi) is 6.54. The van der Waals surface area contributed by atoms with Gasteiger partial charge in [0, 0.05) is 24.3 Å². The molecule has 1 aromatic heterocycles. The molecule has 2 heterocycles. The molecule has 1 unspecified atom stereocenters. The predicted octanol–water partition coefficient (Wildman–Crippen LogP) is 3.99. The number of hydrogen-bond donors (Lipinski definition) is 1. The lowest BCUT2D eigenvalue weighted by molar-refractivity contribution is -0.126. The van der Waals surface area contributed by atoms with E-state index in [0.717, 1.165) is 10.4 Å². The topological polar surface area (TPSA) is 73.2 Å². The summed E-state index contributed by atoms with van der Waals surface area (Å²) in [6, 6.07) is 22.5. The van der Waals surface area contributed by atoms with Gasteiger partial charge in [-0.1, -0.05) is 54.6 Å². The standard InChI is InChI=1S/C24H23N3O3S/c28-21(22-12-7-15-31-22)17-26(16-18-8-3-1-4-9-18)24(30)20-13-14-23(29)27(25-20)19-10-5-2-6-11-19/h1-12,15,21,28H,13-14,16-17H2. The zero-order chi connectivity index (χ0) is 21.6. The van der Waals surface area contributed by atoms with Crippen molar-refractivity contribution < 1.29 is 14.7 Å². The second kappa shape index (κ2) is 9.68. The molecule has 0 fully saturated rings. The molecule has 1 aliphatic rings. The first kappa shape index (κ1) is 21.0. The highest BCUT2D eigenvalue weighted by atomic mass is 32.1. The molecule has 0 saturated heterocycles. The zero-order valence-electron chi connectivity index (χ0n) is 16.9. The fourth-order valence-corrected chi connectivity index (χ4v) is 4.17. The maximum absolute atomic E-state index is 13.4. The maximum Gasteiger partial charge on any atom is 0.270 e. The Bertz CT molecular complexity index is 1050. The van der Waals surface area contributed by atoms with Crippen LogP contribution in [0, 0.1) is 0 Å². The Labute approximate surface area is 185 Å². The number of anilines is 1. The van der Waals surface area contributed by atoms with Crippen molar-refractivity contribution in [2.24, 2.45) is 5.10 Å². The molecule has 3 aromatic rings. The third-order valence-corrected chi connectivity index (χ3v) is 6.02. The van der Waals surface area contributed by atoms with Crippen LogP contribution in [0.1, 0.15) is 29.4 Å². The van der Waals surface area contributed by atoms with E-state index in [-0.39, 0.29) is 31.2 Å². The van der Waals surface area contributed by atoms with Crippen molar-refractivity contribution in [1.82, 2.24) is 4.90 Å². The van der Waals surface area contributed by atoms with Crippen LogP contribution >= 0.6 is 11.3 Å². The predicted molar refractivity (Wildman–Crippen MR) is 122 cm³/mol. The molecule has 1 N–H and O–H groups in total. The van der Waals surface area contributed by atoms with E-state index < -0.39 is 6.10 Å². The molecule has 1 aliphatic heterocycles. The number of carbonyl (C=O) groups excluding carboxylic acids is 2. The van der Waals surface area contributed by atoms with Gasteiger partial charge in [-0.25, -0.2) is 5.01 Å². The number of para-hydroxylation sites is 1. The number of nitrogens with zero attached hydrogens (tertiary/aromatic N) is 3. The minimum Gasteiger partial charge on any atom is -0.386 e. The van der Waals surface area contributed by atoms with Gasteiger partial charge < -0.3 is 10.0 Å². The summed E-state index contributed by atoms with van der Waals surface area (Å²) < 4.78 is 0. The number of hydrazone groups is 1. The maximum atomic E-state index is 13.4. The fourth-order valence-electron chi connectivity index (χ4n) is 3.46. The van der Waals surface area contributed by atoms with Gasteiger partial charge in [-0.15, -0.1) is 11.3 Å². The van der Waals surface area contributed by atoms with E-state index in [1.807, 2.05) is 66.0 Å². The number of hydrogen-bond acceptors (Lipinski definition) is 5. The first-order valence-corrected chi connectivity index (χ1v) is 11.0. The number of aliphatic hydroxyl groups excluding tert-OH is 1. The van der Waals surface area contributed by atoms with Crippen molar-refractivity contribution in [2.75, 3.05) is 11.6 Å². The lowest BCUT2D eigenvalue weighted by Crippen LogP contribution is -2.42. The summed E-state index contributed by atoms with van der Waals surface area (Å²) in [5.74, 6) is -0.413. The number of amides is 2. The summed E-state index contributed by atoms with van der Waals surface area (Å²) in [7, 11) is 0. The Morgan fingerprint density at radius 1 is 1.03 bits per heavy atom. The average molecular weight is 434 g/mol. The molecular formula is C24H23N3O3S. The van der Waals surface area contributed by atoms with Crippen LogP contribution in [0.25, 0.3) is 0 Å². The van der Waals surface area contributed by atoms with Crippen molar-refractivity contribution >= 4 is 34.6 Å². The summed E-state index contributed by atoms with van der Waals surface area (Å²) in [5.41, 5.74) is 1.91. The van der Waals surface area contributed by atoms with Crippen LogP contribution in [0.4, 0.5) is 5.69 Å². The molecule has 7 heteroatoms. The van der Waals surface area contributed by atoms with Crippen LogP contribution in [0.5, 0.6) is 0 Å². The van der Waals surface area contributed by atoms with Gasteiger partial charge in [-0.2, -0.15) is 5.10 Å². The molecule has 6 nitrogen and oxygen atoms in total. The summed E-state index contributed by atoms with van der Waals surface area (Å²) in [5, 5.41) is 18.3. The van der Waals surface area contributed by atoms with Crippen LogP contribution in [-0.2, 0) is 16.1 Å². The lowest BCUT2D eigenvalue weighted by atomic mass is 10.1. The minimum absolute atomic E-state index is 0.143. The van der Waals surface area contributed by atoms with Gasteiger partial charge in [0.1, 0.15) is 11.8 Å². The van der Waals surface area contributed by atoms with Crippen molar-refractivity contribution in [2.45, 2.75) is 25.5 Å². The molecular weight excluding hydrogens is 410 g/mol. The van der Waals surface area contributed by atoms with Gasteiger partial charge in [0.2, 0.25) is 5.91 Å². The second-order valence-electron chi connectivity index (χ2n) is 7.29. The van der Waals surface area contributed by atoms with E-state index in [1.54, 1.807) is 17.0 Å². The average Bonchev–Trinajstić information content (AvgIpc) is 3.35. The Balaban J connectivity index is 1.60. The summed E-state index contributed by atoms with van der Waals surface area (Å²) in [6.07, 6.45) is -0.295. The molecule has 158 valence electrons. The van der Waals surface area contributed by atoms with Gasteiger partial charge in [-0.3, -0.25) is 9.59 Å². The third-order valence-electron chi connectivity index (χ3n) is 5.05. The SMILES string of the molecule is O=C(C1=NN(c2ccccc2)C(=O)CC1)N(Cc1ccccc1)CC(O)c1cccs1. The Morgan fingerprint density at radius 2 is 1.74 bits per heavy atom. The lowest BCUT2D eigenvalue weighted by Gasteiger charge is -2.28. The number of carbonyl (C=O) groups is 2. The van der Waals surface area contributed by atoms with E-state index in [4.69, 9.17) is 0 Å². The minimum atomic E-state index is -0.788. The van der Waals surface area contributed by atoms with E-state index in [1.165, 1.54) is 16.3 Å². The van der Waals surface area contributed by atoms with Crippen molar-refractivity contribution in [1.29, 1.82) is 0 Å². The summed E-state index contributed by atoms with van der Waals surface area (Å²) >= 11 is 1.45. The molecule has 0 saturated carbocycles. The monoisotopic (exact) mass is 433 g/mol. The largest absolute Gasteiger partial charge is 0.386 e. The molecule has 0 spiro atoms. The molecule has 31 heavy (non-hydrogen) atoms. The number of aliphatic hydroxyl groups is 1. The first-order valence-electron chi connectivity index (χ1n) is 10.1. The Hall–Kier alpha value is -3.29. The van der Waals surface area contributed by atoms with Gasteiger partial charge in [0.25, 0.3) is 5.91 Å². The quantitative estimate of drug-likeness (QED) is 0.612. The highest BCUT2D eigenvalue weighted by Gasteiger charge is 2.29. The van der Waals surface area contributed by atoms with Crippen molar-refractivity contribution in [3.05, 3.63) is 88.6 Å². The van der Waals surface area contributed by atoms with Gasteiger partial charge in [0.05, 0.1) is 12.2 Å². The van der Waals surface area contributed by atoms with Gasteiger partial charge >= 0.3 is 0 Å². The molecule has 2 amide bonds. The van der Waals surface area contributed by atoms with Crippen LogP contribution < -0.4 is 5.01 Å². The van der Waals surface area contributed by atoms with Gasteiger partial charge in [0.15, 0.2) is 0 Å². The Morgan fingerprint density at radius 3 is 2.42 bits per heavy atom. The highest BCUT2D eigenvalue weighted by Crippen LogP contribution is 2.23. The van der Waals surface area contributed by atoms with Crippen molar-refractivity contribution in [3.8, 4) is 0 Å². The van der Waals surface area contributed by atoms with E-state index in [9.17, 15) is 14.7 Å². The number of thiophene rings is 1. The van der Waals surface area contributed by atoms with Crippen LogP contribution in [0.3, 0.4) is 0 Å². The second-order valence-corrected chi connectivity index (χ2v) is 8.27. The molecule has 0 radical (unpaired) electrons. The highest BCUT2D eigenvalue weighted by molar-refractivity contribution is 7.10. The molecule has 2 aromatic carbocycles. The summed E-state index contributed by atoms with van der Waals surface area (Å²) in [4.78, 5) is 28.3. The van der Waals surface area contributed by atoms with E-state index in [2.05, 4.69) is 5.10 Å². The van der Waals surface area contributed by atoms with Crippen molar-refractivity contribution in [3.63, 3.8) is 0 Å². The van der Waals surface area contributed by atoms with Gasteiger partial charge in [-0.05, 0) is 29.1 Å². The van der Waals surface area contributed by atoms with E-state index >= 15 is 0 Å². The zero-order valence-corrected chi connectivity index (χ0v) is 17.7. The third kappa shape index (κ3) is 5.07. The normalized spacial score (nSPS) is 14.8. The molecule has 0 bridgehead atoms. The van der Waals surface area contributed by atoms with Crippen LogP contribution in [0.15, 0.2) is 83.3 Å². The molecule has 1 atom stereocenters. The molecule has 0 aliphatic carbocycles. The van der Waals surface area contributed by atoms with Crippen LogP contribution in [0.2, 0.25) is 0 Å².